The first-order valence-electron chi connectivity index (χ1n) is 5.60. The van der Waals surface area contributed by atoms with Crippen LogP contribution in [0.2, 0.25) is 0 Å². The molecule has 0 amide bonds. The fourth-order valence-electron chi connectivity index (χ4n) is 1.89. The number of para-hydroxylation sites is 1. The Kier molecular flexibility index (Phi) is 2.14. The minimum absolute atomic E-state index is 0.644. The Labute approximate surface area is 98.6 Å². The molecule has 0 aliphatic rings. The molecule has 1 aromatic carbocycles. The summed E-state index contributed by atoms with van der Waals surface area (Å²) in [6, 6.07) is 9.84. The van der Waals surface area contributed by atoms with Gasteiger partial charge in [-0.1, -0.05) is 18.2 Å². The second kappa shape index (κ2) is 3.66. The second-order valence-corrected chi connectivity index (χ2v) is 3.94. The van der Waals surface area contributed by atoms with E-state index in [4.69, 9.17) is 10.2 Å². The fraction of sp³-hybridized carbons (Fsp3) is 0.154. The third-order valence-corrected chi connectivity index (χ3v) is 2.77. The van der Waals surface area contributed by atoms with Crippen LogP contribution in [0, 0.1) is 0 Å². The van der Waals surface area contributed by atoms with Crippen molar-refractivity contribution >= 4 is 16.7 Å². The van der Waals surface area contributed by atoms with Gasteiger partial charge in [-0.05, 0) is 19.1 Å². The van der Waals surface area contributed by atoms with E-state index in [-0.39, 0.29) is 0 Å². The largest absolute Gasteiger partial charge is 0.454 e. The number of rotatable bonds is 2. The number of fused-ring (bicyclic) bond motifs is 1. The highest BCUT2D eigenvalue weighted by atomic mass is 16.3. The number of aryl methyl sites for hydroxylation is 1. The van der Waals surface area contributed by atoms with Crippen LogP contribution in [-0.4, -0.2) is 9.78 Å². The number of benzene rings is 1. The average molecular weight is 227 g/mol. The summed E-state index contributed by atoms with van der Waals surface area (Å²) in [7, 11) is 0. The number of anilines is 1. The Hall–Kier alpha value is -2.23. The predicted octanol–water partition coefficient (Wildman–Crippen LogP) is 2.90. The number of nitrogen functional groups attached to an aromatic ring is 1. The number of hydrogen-bond donors (Lipinski definition) is 1. The molecule has 4 heteroatoms. The summed E-state index contributed by atoms with van der Waals surface area (Å²) in [4.78, 5) is 0. The van der Waals surface area contributed by atoms with E-state index in [2.05, 4.69) is 5.10 Å². The number of aromatic nitrogens is 2. The maximum absolute atomic E-state index is 5.93. The standard InChI is InChI=1S/C13H13N3O/c1-2-16-8-10(14)13(15-16)12-7-9-5-3-4-6-11(9)17-12/h3-8H,2,14H2,1H3. The highest BCUT2D eigenvalue weighted by Gasteiger charge is 2.12. The van der Waals surface area contributed by atoms with Crippen molar-refractivity contribution < 1.29 is 4.42 Å². The van der Waals surface area contributed by atoms with E-state index in [1.807, 2.05) is 43.5 Å². The first-order valence-corrected chi connectivity index (χ1v) is 5.60. The molecule has 0 aliphatic heterocycles. The molecule has 2 N–H and O–H groups in total. The molecule has 0 radical (unpaired) electrons. The number of nitrogens with zero attached hydrogens (tertiary/aromatic N) is 2. The fourth-order valence-corrected chi connectivity index (χ4v) is 1.89. The number of furan rings is 1. The molecule has 0 unspecified atom stereocenters. The topological polar surface area (TPSA) is 57.0 Å². The quantitative estimate of drug-likeness (QED) is 0.732. The van der Waals surface area contributed by atoms with Gasteiger partial charge in [0.15, 0.2) is 11.5 Å². The number of nitrogens with two attached hydrogens (primary N) is 1. The van der Waals surface area contributed by atoms with E-state index >= 15 is 0 Å². The third-order valence-electron chi connectivity index (χ3n) is 2.77. The van der Waals surface area contributed by atoms with Crippen LogP contribution >= 0.6 is 0 Å². The van der Waals surface area contributed by atoms with Crippen molar-refractivity contribution in [2.24, 2.45) is 0 Å². The second-order valence-electron chi connectivity index (χ2n) is 3.94. The maximum Gasteiger partial charge on any atom is 0.157 e. The van der Waals surface area contributed by atoms with E-state index in [0.717, 1.165) is 23.3 Å². The lowest BCUT2D eigenvalue weighted by molar-refractivity contribution is 0.617. The molecule has 3 aromatic rings. The van der Waals surface area contributed by atoms with Crippen molar-refractivity contribution in [3.8, 4) is 11.5 Å². The first-order chi connectivity index (χ1) is 8.28. The maximum atomic E-state index is 5.93. The molecule has 2 aromatic heterocycles. The summed E-state index contributed by atoms with van der Waals surface area (Å²) in [5.41, 5.74) is 8.14. The van der Waals surface area contributed by atoms with Gasteiger partial charge < -0.3 is 10.2 Å². The Bertz CT molecular complexity index is 633. The predicted molar refractivity (Wildman–Crippen MR) is 67.5 cm³/mol. The lowest BCUT2D eigenvalue weighted by Crippen LogP contribution is -1.93. The van der Waals surface area contributed by atoms with Crippen LogP contribution in [0.15, 0.2) is 40.9 Å². The van der Waals surface area contributed by atoms with Gasteiger partial charge in [-0.3, -0.25) is 4.68 Å². The van der Waals surface area contributed by atoms with E-state index in [0.29, 0.717) is 11.4 Å². The first kappa shape index (κ1) is 9.96. The average Bonchev–Trinajstić information content (AvgIpc) is 2.91. The molecule has 0 spiro atoms. The van der Waals surface area contributed by atoms with Crippen LogP contribution in [0.5, 0.6) is 0 Å². The zero-order chi connectivity index (χ0) is 11.8. The Morgan fingerprint density at radius 1 is 1.35 bits per heavy atom. The molecule has 0 fully saturated rings. The lowest BCUT2D eigenvalue weighted by atomic mass is 10.2. The summed E-state index contributed by atoms with van der Waals surface area (Å²) in [6.45, 7) is 2.82. The molecule has 86 valence electrons. The lowest BCUT2D eigenvalue weighted by Gasteiger charge is -1.92. The minimum atomic E-state index is 0.644. The van der Waals surface area contributed by atoms with Gasteiger partial charge in [-0.25, -0.2) is 0 Å². The van der Waals surface area contributed by atoms with Crippen LogP contribution in [-0.2, 0) is 6.54 Å². The molecular weight excluding hydrogens is 214 g/mol. The summed E-state index contributed by atoms with van der Waals surface area (Å²) in [5.74, 6) is 0.718. The molecule has 2 heterocycles. The van der Waals surface area contributed by atoms with Gasteiger partial charge >= 0.3 is 0 Å². The van der Waals surface area contributed by atoms with Gasteiger partial charge in [0.2, 0.25) is 0 Å². The summed E-state index contributed by atoms with van der Waals surface area (Å²) < 4.78 is 7.54. The zero-order valence-electron chi connectivity index (χ0n) is 9.55. The van der Waals surface area contributed by atoms with Crippen molar-refractivity contribution in [3.05, 3.63) is 36.5 Å². The monoisotopic (exact) mass is 227 g/mol. The SMILES string of the molecule is CCn1cc(N)c(-c2cc3ccccc3o2)n1. The van der Waals surface area contributed by atoms with E-state index < -0.39 is 0 Å². The van der Waals surface area contributed by atoms with Crippen molar-refractivity contribution in [1.29, 1.82) is 0 Å². The van der Waals surface area contributed by atoms with E-state index in [1.54, 1.807) is 4.68 Å². The third kappa shape index (κ3) is 1.58. The van der Waals surface area contributed by atoms with Crippen molar-refractivity contribution in [2.45, 2.75) is 13.5 Å². The zero-order valence-corrected chi connectivity index (χ0v) is 9.55. The molecule has 0 aliphatic carbocycles. The van der Waals surface area contributed by atoms with Crippen molar-refractivity contribution in [2.75, 3.05) is 5.73 Å². The number of hydrogen-bond acceptors (Lipinski definition) is 3. The van der Waals surface area contributed by atoms with Crippen molar-refractivity contribution in [1.82, 2.24) is 9.78 Å². The van der Waals surface area contributed by atoms with E-state index in [1.165, 1.54) is 0 Å². The van der Waals surface area contributed by atoms with Crippen LogP contribution in [0.3, 0.4) is 0 Å². The molecule has 0 atom stereocenters. The molecule has 4 nitrogen and oxygen atoms in total. The molecular formula is C13H13N3O. The molecule has 0 bridgehead atoms. The smallest absolute Gasteiger partial charge is 0.157 e. The van der Waals surface area contributed by atoms with Crippen LogP contribution in [0.25, 0.3) is 22.4 Å². The molecule has 0 saturated heterocycles. The van der Waals surface area contributed by atoms with Gasteiger partial charge in [0.25, 0.3) is 0 Å². The minimum Gasteiger partial charge on any atom is -0.454 e. The highest BCUT2D eigenvalue weighted by Crippen LogP contribution is 2.29. The molecule has 17 heavy (non-hydrogen) atoms. The Balaban J connectivity index is 2.16. The Morgan fingerprint density at radius 3 is 2.88 bits per heavy atom. The summed E-state index contributed by atoms with van der Waals surface area (Å²) in [5, 5.41) is 5.45. The Morgan fingerprint density at radius 2 is 2.18 bits per heavy atom. The van der Waals surface area contributed by atoms with Gasteiger partial charge in [0, 0.05) is 18.1 Å². The van der Waals surface area contributed by atoms with Gasteiger partial charge in [0.05, 0.1) is 5.69 Å². The molecule has 3 rings (SSSR count). The molecule has 0 saturated carbocycles. The van der Waals surface area contributed by atoms with Gasteiger partial charge in [-0.15, -0.1) is 0 Å². The van der Waals surface area contributed by atoms with Gasteiger partial charge in [0.1, 0.15) is 5.58 Å². The van der Waals surface area contributed by atoms with Crippen LogP contribution < -0.4 is 5.73 Å². The van der Waals surface area contributed by atoms with Crippen LogP contribution in [0.1, 0.15) is 6.92 Å². The normalized spacial score (nSPS) is 11.1. The van der Waals surface area contributed by atoms with Gasteiger partial charge in [-0.2, -0.15) is 5.10 Å². The van der Waals surface area contributed by atoms with Crippen molar-refractivity contribution in [3.63, 3.8) is 0 Å². The highest BCUT2D eigenvalue weighted by molar-refractivity contribution is 5.84. The van der Waals surface area contributed by atoms with E-state index in [9.17, 15) is 0 Å². The van der Waals surface area contributed by atoms with Crippen LogP contribution in [0.4, 0.5) is 5.69 Å². The summed E-state index contributed by atoms with van der Waals surface area (Å²) in [6.07, 6.45) is 1.82. The summed E-state index contributed by atoms with van der Waals surface area (Å²) >= 11 is 0.